The van der Waals surface area contributed by atoms with E-state index in [4.69, 9.17) is 0 Å². The molecule has 140 valence electrons. The molecule has 0 saturated heterocycles. The zero-order valence-corrected chi connectivity index (χ0v) is 16.1. The molecule has 2 rings (SSSR count). The van der Waals surface area contributed by atoms with Crippen LogP contribution < -0.4 is 4.90 Å². The number of rotatable bonds is 8. The van der Waals surface area contributed by atoms with Gasteiger partial charge in [0.05, 0.1) is 17.1 Å². The van der Waals surface area contributed by atoms with Gasteiger partial charge in [0.15, 0.2) is 0 Å². The van der Waals surface area contributed by atoms with E-state index in [0.717, 1.165) is 0 Å². The van der Waals surface area contributed by atoms with Gasteiger partial charge in [-0.2, -0.15) is 9.40 Å². The van der Waals surface area contributed by atoms with E-state index < -0.39 is 10.0 Å². The summed E-state index contributed by atoms with van der Waals surface area (Å²) in [6.07, 6.45) is 2.99. The second kappa shape index (κ2) is 8.29. The molecule has 1 heterocycles. The fourth-order valence-corrected chi connectivity index (χ4v) is 4.14. The summed E-state index contributed by atoms with van der Waals surface area (Å²) < 4.78 is 28.5. The maximum atomic E-state index is 12.8. The standard InChI is InChI=1S/C18H24N4O3S/c1-5-18(23)22(14-15-11-12-20(4)19-15)16-9-8-10-17(13-16)26(24,25)21(6-2)7-3/h5,8-13H,1,6-7,14H2,2-4H3. The molecule has 26 heavy (non-hydrogen) atoms. The predicted octanol–water partition coefficient (Wildman–Crippen LogP) is 2.17. The molecule has 0 radical (unpaired) electrons. The van der Waals surface area contributed by atoms with Crippen molar-refractivity contribution < 1.29 is 13.2 Å². The molecule has 0 saturated carbocycles. The summed E-state index contributed by atoms with van der Waals surface area (Å²) in [6, 6.07) is 8.19. The van der Waals surface area contributed by atoms with Gasteiger partial charge >= 0.3 is 0 Å². The fraction of sp³-hybridized carbons (Fsp3) is 0.333. The third kappa shape index (κ3) is 4.20. The van der Waals surface area contributed by atoms with Crippen LogP contribution in [0.1, 0.15) is 19.5 Å². The first-order valence-corrected chi connectivity index (χ1v) is 9.80. The van der Waals surface area contributed by atoms with E-state index >= 15 is 0 Å². The third-order valence-electron chi connectivity index (χ3n) is 4.00. The van der Waals surface area contributed by atoms with Crippen molar-refractivity contribution in [3.8, 4) is 0 Å². The highest BCUT2D eigenvalue weighted by Gasteiger charge is 2.23. The van der Waals surface area contributed by atoms with Gasteiger partial charge in [-0.3, -0.25) is 9.48 Å². The Morgan fingerprint density at radius 1 is 1.27 bits per heavy atom. The Bertz CT molecular complexity index is 885. The van der Waals surface area contributed by atoms with Gasteiger partial charge in [-0.15, -0.1) is 0 Å². The van der Waals surface area contributed by atoms with Gasteiger partial charge in [-0.05, 0) is 30.3 Å². The van der Waals surface area contributed by atoms with Crippen molar-refractivity contribution in [2.45, 2.75) is 25.3 Å². The number of benzene rings is 1. The Balaban J connectivity index is 2.43. The summed E-state index contributed by atoms with van der Waals surface area (Å²) in [7, 11) is -1.82. The van der Waals surface area contributed by atoms with Crippen molar-refractivity contribution in [2.24, 2.45) is 7.05 Å². The van der Waals surface area contributed by atoms with Crippen LogP contribution in [0.4, 0.5) is 5.69 Å². The maximum Gasteiger partial charge on any atom is 0.250 e. The van der Waals surface area contributed by atoms with Crippen LogP contribution in [0.3, 0.4) is 0 Å². The average molecular weight is 376 g/mol. The lowest BCUT2D eigenvalue weighted by Gasteiger charge is -2.23. The normalized spacial score (nSPS) is 11.5. The van der Waals surface area contributed by atoms with Crippen molar-refractivity contribution >= 4 is 21.6 Å². The van der Waals surface area contributed by atoms with E-state index in [-0.39, 0.29) is 17.3 Å². The lowest BCUT2D eigenvalue weighted by Crippen LogP contribution is -2.31. The van der Waals surface area contributed by atoms with Crippen LogP contribution in [0.25, 0.3) is 0 Å². The van der Waals surface area contributed by atoms with Crippen LogP contribution >= 0.6 is 0 Å². The molecule has 0 aliphatic heterocycles. The Morgan fingerprint density at radius 2 is 1.96 bits per heavy atom. The Labute approximate surface area is 154 Å². The van der Waals surface area contributed by atoms with Gasteiger partial charge in [0.2, 0.25) is 10.0 Å². The zero-order valence-electron chi connectivity index (χ0n) is 15.3. The van der Waals surface area contributed by atoms with Crippen molar-refractivity contribution in [1.82, 2.24) is 14.1 Å². The first-order valence-electron chi connectivity index (χ1n) is 8.36. The number of nitrogens with zero attached hydrogens (tertiary/aromatic N) is 4. The highest BCUT2D eigenvalue weighted by atomic mass is 32.2. The lowest BCUT2D eigenvalue weighted by molar-refractivity contribution is -0.114. The van der Waals surface area contributed by atoms with Crippen LogP contribution in [0.2, 0.25) is 0 Å². The number of hydrogen-bond donors (Lipinski definition) is 0. The summed E-state index contributed by atoms with van der Waals surface area (Å²) in [5.41, 5.74) is 1.17. The highest BCUT2D eigenvalue weighted by Crippen LogP contribution is 2.24. The molecule has 7 nitrogen and oxygen atoms in total. The smallest absolute Gasteiger partial charge is 0.250 e. The minimum absolute atomic E-state index is 0.154. The summed E-state index contributed by atoms with van der Waals surface area (Å²) in [4.78, 5) is 14.0. The first kappa shape index (κ1) is 19.9. The van der Waals surface area contributed by atoms with E-state index in [0.29, 0.717) is 24.5 Å². The molecule has 0 atom stereocenters. The highest BCUT2D eigenvalue weighted by molar-refractivity contribution is 7.89. The van der Waals surface area contributed by atoms with Gasteiger partial charge < -0.3 is 4.90 Å². The number of amides is 1. The maximum absolute atomic E-state index is 12.8. The third-order valence-corrected chi connectivity index (χ3v) is 6.05. The number of aryl methyl sites for hydroxylation is 1. The number of carbonyl (C=O) groups excluding carboxylic acids is 1. The molecule has 0 spiro atoms. The molecule has 2 aromatic rings. The molecule has 0 aliphatic carbocycles. The summed E-state index contributed by atoms with van der Waals surface area (Å²) in [5.74, 6) is -0.326. The van der Waals surface area contributed by atoms with Crippen molar-refractivity contribution in [1.29, 1.82) is 0 Å². The molecule has 0 bridgehead atoms. The quantitative estimate of drug-likeness (QED) is 0.662. The summed E-state index contributed by atoms with van der Waals surface area (Å²) >= 11 is 0. The van der Waals surface area contributed by atoms with Crippen molar-refractivity contribution in [3.05, 3.63) is 54.9 Å². The van der Waals surface area contributed by atoms with Crippen LogP contribution in [0.15, 0.2) is 54.1 Å². The second-order valence-electron chi connectivity index (χ2n) is 5.70. The fourth-order valence-electron chi connectivity index (χ4n) is 2.64. The van der Waals surface area contributed by atoms with Gasteiger partial charge in [0, 0.05) is 32.0 Å². The number of sulfonamides is 1. The average Bonchev–Trinajstić information content (AvgIpc) is 3.05. The van der Waals surface area contributed by atoms with Crippen molar-refractivity contribution in [2.75, 3.05) is 18.0 Å². The van der Waals surface area contributed by atoms with Crippen LogP contribution in [-0.2, 0) is 28.4 Å². The molecule has 0 unspecified atom stereocenters. The number of hydrogen-bond acceptors (Lipinski definition) is 4. The predicted molar refractivity (Wildman–Crippen MR) is 101 cm³/mol. The second-order valence-corrected chi connectivity index (χ2v) is 7.63. The molecular weight excluding hydrogens is 352 g/mol. The minimum atomic E-state index is -3.61. The van der Waals surface area contributed by atoms with Crippen LogP contribution in [0.5, 0.6) is 0 Å². The van der Waals surface area contributed by atoms with Crippen LogP contribution in [0, 0.1) is 0 Å². The summed E-state index contributed by atoms with van der Waals surface area (Å²) in [5, 5.41) is 4.28. The van der Waals surface area contributed by atoms with E-state index in [1.54, 1.807) is 50.0 Å². The Hall–Kier alpha value is -2.45. The monoisotopic (exact) mass is 376 g/mol. The van der Waals surface area contributed by atoms with Crippen molar-refractivity contribution in [3.63, 3.8) is 0 Å². The molecule has 8 heteroatoms. The van der Waals surface area contributed by atoms with Gasteiger partial charge in [0.25, 0.3) is 5.91 Å². The number of carbonyl (C=O) groups is 1. The molecule has 1 aromatic carbocycles. The Kier molecular flexibility index (Phi) is 6.33. The number of anilines is 1. The van der Waals surface area contributed by atoms with E-state index in [2.05, 4.69) is 11.7 Å². The molecule has 1 amide bonds. The van der Waals surface area contributed by atoms with Gasteiger partial charge in [-0.25, -0.2) is 8.42 Å². The first-order chi connectivity index (χ1) is 12.3. The zero-order chi connectivity index (χ0) is 19.3. The molecule has 0 N–H and O–H groups in total. The SMILES string of the molecule is C=CC(=O)N(Cc1ccn(C)n1)c1cccc(S(=O)(=O)N(CC)CC)c1. The summed E-state index contributed by atoms with van der Waals surface area (Å²) in [6.45, 7) is 8.10. The molecule has 1 aromatic heterocycles. The van der Waals surface area contributed by atoms with E-state index in [9.17, 15) is 13.2 Å². The topological polar surface area (TPSA) is 75.5 Å². The van der Waals surface area contributed by atoms with Gasteiger partial charge in [0.1, 0.15) is 0 Å². The van der Waals surface area contributed by atoms with E-state index in [1.807, 2.05) is 0 Å². The molecule has 0 aliphatic rings. The Morgan fingerprint density at radius 3 is 2.50 bits per heavy atom. The minimum Gasteiger partial charge on any atom is -0.303 e. The van der Waals surface area contributed by atoms with Crippen LogP contribution in [-0.4, -0.2) is 41.5 Å². The molecular formula is C18H24N4O3S. The molecule has 0 fully saturated rings. The van der Waals surface area contributed by atoms with E-state index in [1.165, 1.54) is 27.4 Å². The lowest BCUT2D eigenvalue weighted by atomic mass is 10.2. The number of aromatic nitrogens is 2. The largest absolute Gasteiger partial charge is 0.303 e. The van der Waals surface area contributed by atoms with Gasteiger partial charge in [-0.1, -0.05) is 26.5 Å².